The number of allylic oxidation sites excluding steroid dienone is 6. The zero-order valence-corrected chi connectivity index (χ0v) is 23.6. The Morgan fingerprint density at radius 3 is 2.02 bits per heavy atom. The third kappa shape index (κ3) is 3.50. The maximum atomic E-state index is 2.52. The number of anilines is 6. The van der Waals surface area contributed by atoms with Gasteiger partial charge in [-0.1, -0.05) is 97.1 Å². The van der Waals surface area contributed by atoms with Gasteiger partial charge >= 0.3 is 0 Å². The molecule has 0 spiro atoms. The van der Waals surface area contributed by atoms with Gasteiger partial charge < -0.3 is 14.4 Å². The zero-order valence-electron chi connectivity index (χ0n) is 23.6. The molecule has 4 heteroatoms. The van der Waals surface area contributed by atoms with Crippen LogP contribution < -0.4 is 26.3 Å². The van der Waals surface area contributed by atoms with Gasteiger partial charge in [-0.15, -0.1) is 0 Å². The SMILES string of the molecule is C1=CCC=CC(n2c3c(c4ccccc42)N(c2ccccc2)c2cccc4c2B3c2ccccc2N4c2ccccc2)=C1. The standard InChI is InChI=1S/C39H28BN3/c1-2-6-21-30(20-5-1)43-33-24-13-11-22-31(33)38-39(43)40-32-23-12-14-25-34(32)41(28-16-7-3-8-17-28)35-26-15-27-36(37(35)40)42(38)29-18-9-4-10-19-29/h1,3-27H,2H2. The Balaban J connectivity index is 1.46. The van der Waals surface area contributed by atoms with E-state index in [-0.39, 0.29) is 6.71 Å². The molecule has 1 aromatic heterocycles. The maximum Gasteiger partial charge on any atom is 0.273 e. The van der Waals surface area contributed by atoms with Crippen LogP contribution in [0.1, 0.15) is 6.42 Å². The summed E-state index contributed by atoms with van der Waals surface area (Å²) in [5, 5.41) is 1.25. The van der Waals surface area contributed by atoms with Crippen LogP contribution in [0.25, 0.3) is 16.6 Å². The van der Waals surface area contributed by atoms with Gasteiger partial charge in [-0.3, -0.25) is 0 Å². The number of benzene rings is 5. The molecule has 0 bridgehead atoms. The largest absolute Gasteiger partial charge is 0.319 e. The molecule has 3 heterocycles. The highest BCUT2D eigenvalue weighted by atomic mass is 15.2. The van der Waals surface area contributed by atoms with Gasteiger partial charge in [0.1, 0.15) is 0 Å². The first-order valence-corrected chi connectivity index (χ1v) is 15.0. The van der Waals surface area contributed by atoms with E-state index in [1.165, 1.54) is 61.6 Å². The summed E-state index contributed by atoms with van der Waals surface area (Å²) in [5.41, 5.74) is 13.6. The third-order valence-corrected chi connectivity index (χ3v) is 8.95. The van der Waals surface area contributed by atoms with E-state index < -0.39 is 0 Å². The zero-order chi connectivity index (χ0) is 28.3. The second kappa shape index (κ2) is 9.54. The predicted molar refractivity (Wildman–Crippen MR) is 183 cm³/mol. The van der Waals surface area contributed by atoms with Crippen LogP contribution in [-0.4, -0.2) is 11.3 Å². The van der Waals surface area contributed by atoms with Gasteiger partial charge in [-0.25, -0.2) is 0 Å². The molecule has 0 atom stereocenters. The van der Waals surface area contributed by atoms with E-state index in [4.69, 9.17) is 0 Å². The molecule has 3 nitrogen and oxygen atoms in total. The van der Waals surface area contributed by atoms with Crippen LogP contribution >= 0.6 is 0 Å². The van der Waals surface area contributed by atoms with E-state index in [1.807, 2.05) is 0 Å². The minimum Gasteiger partial charge on any atom is -0.319 e. The molecular formula is C39H28BN3. The van der Waals surface area contributed by atoms with Gasteiger partial charge in [0, 0.05) is 45.1 Å². The summed E-state index contributed by atoms with van der Waals surface area (Å²) >= 11 is 0. The molecule has 3 aliphatic rings. The van der Waals surface area contributed by atoms with E-state index in [1.54, 1.807) is 0 Å². The molecule has 0 saturated heterocycles. The van der Waals surface area contributed by atoms with Crippen molar-refractivity contribution in [3.8, 4) is 0 Å². The van der Waals surface area contributed by atoms with Crippen molar-refractivity contribution >= 4 is 74.0 Å². The molecule has 6 aromatic rings. The predicted octanol–water partition coefficient (Wildman–Crippen LogP) is 8.08. The van der Waals surface area contributed by atoms with Crippen molar-refractivity contribution in [3.63, 3.8) is 0 Å². The lowest BCUT2D eigenvalue weighted by Gasteiger charge is -2.43. The van der Waals surface area contributed by atoms with Crippen molar-refractivity contribution in [2.24, 2.45) is 0 Å². The van der Waals surface area contributed by atoms with E-state index in [0.29, 0.717) is 0 Å². The highest BCUT2D eigenvalue weighted by Crippen LogP contribution is 2.46. The first-order chi connectivity index (χ1) is 21.4. The number of fused-ring (bicyclic) bond motifs is 6. The maximum absolute atomic E-state index is 2.52. The lowest BCUT2D eigenvalue weighted by atomic mass is 9.35. The summed E-state index contributed by atoms with van der Waals surface area (Å²) in [7, 11) is 0. The van der Waals surface area contributed by atoms with Crippen LogP contribution in [0.4, 0.5) is 34.1 Å². The summed E-state index contributed by atoms with van der Waals surface area (Å²) in [4.78, 5) is 4.94. The van der Waals surface area contributed by atoms with E-state index >= 15 is 0 Å². The first kappa shape index (κ1) is 24.2. The molecule has 0 radical (unpaired) electrons. The number of nitrogens with zero attached hydrogens (tertiary/aromatic N) is 3. The lowest BCUT2D eigenvalue weighted by molar-refractivity contribution is 1.19. The van der Waals surface area contributed by atoms with Crippen LogP contribution in [0.2, 0.25) is 0 Å². The Hall–Kier alpha value is -5.48. The van der Waals surface area contributed by atoms with E-state index in [0.717, 1.165) is 12.1 Å². The fourth-order valence-electron chi connectivity index (χ4n) is 7.29. The fourth-order valence-corrected chi connectivity index (χ4v) is 7.29. The van der Waals surface area contributed by atoms with Crippen molar-refractivity contribution in [3.05, 3.63) is 158 Å². The number of hydrogen-bond donors (Lipinski definition) is 0. The van der Waals surface area contributed by atoms with Crippen molar-refractivity contribution in [1.82, 2.24) is 4.57 Å². The molecule has 5 aromatic carbocycles. The van der Waals surface area contributed by atoms with Gasteiger partial charge in [0.25, 0.3) is 6.71 Å². The Bertz CT molecular complexity index is 2120. The van der Waals surface area contributed by atoms with Crippen LogP contribution in [0.3, 0.4) is 0 Å². The number of rotatable bonds is 3. The first-order valence-electron chi connectivity index (χ1n) is 15.0. The quantitative estimate of drug-likeness (QED) is 0.207. The molecular weight excluding hydrogens is 521 g/mol. The number of hydrogen-bond acceptors (Lipinski definition) is 2. The molecule has 202 valence electrons. The van der Waals surface area contributed by atoms with Gasteiger partial charge in [0.15, 0.2) is 0 Å². The average molecular weight is 549 g/mol. The van der Waals surface area contributed by atoms with E-state index in [2.05, 4.69) is 172 Å². The van der Waals surface area contributed by atoms with Crippen molar-refractivity contribution < 1.29 is 0 Å². The minimum absolute atomic E-state index is 0.0475. The van der Waals surface area contributed by atoms with Crippen LogP contribution in [0.15, 0.2) is 158 Å². The van der Waals surface area contributed by atoms with Gasteiger partial charge in [0.2, 0.25) is 0 Å². The van der Waals surface area contributed by atoms with Gasteiger partial charge in [-0.2, -0.15) is 0 Å². The molecule has 0 saturated carbocycles. The highest BCUT2D eigenvalue weighted by Gasteiger charge is 2.46. The Kier molecular flexibility index (Phi) is 5.36. The Labute approximate surface area is 252 Å². The summed E-state index contributed by atoms with van der Waals surface area (Å²) < 4.78 is 2.52. The highest BCUT2D eigenvalue weighted by molar-refractivity contribution is 7.00. The van der Waals surface area contributed by atoms with Crippen molar-refractivity contribution in [2.75, 3.05) is 9.80 Å². The summed E-state index contributed by atoms with van der Waals surface area (Å²) in [6.07, 6.45) is 12.2. The monoisotopic (exact) mass is 549 g/mol. The summed E-state index contributed by atoms with van der Waals surface area (Å²) in [5.74, 6) is 0. The molecule has 9 rings (SSSR count). The summed E-state index contributed by atoms with van der Waals surface area (Å²) in [6, 6.07) is 46.3. The summed E-state index contributed by atoms with van der Waals surface area (Å²) in [6.45, 7) is 0.0475. The van der Waals surface area contributed by atoms with E-state index in [9.17, 15) is 0 Å². The van der Waals surface area contributed by atoms with Crippen molar-refractivity contribution in [1.29, 1.82) is 0 Å². The fraction of sp³-hybridized carbons (Fsp3) is 0.0256. The Morgan fingerprint density at radius 2 is 1.21 bits per heavy atom. The lowest BCUT2D eigenvalue weighted by Crippen LogP contribution is -2.62. The number of para-hydroxylation sites is 4. The van der Waals surface area contributed by atoms with Crippen LogP contribution in [-0.2, 0) is 0 Å². The Morgan fingerprint density at radius 1 is 0.558 bits per heavy atom. The number of aromatic nitrogens is 1. The van der Waals surface area contributed by atoms with Gasteiger partial charge in [-0.05, 0) is 78.0 Å². The second-order valence-electron chi connectivity index (χ2n) is 11.3. The second-order valence-corrected chi connectivity index (χ2v) is 11.3. The molecule has 2 aliphatic heterocycles. The molecule has 43 heavy (non-hydrogen) atoms. The minimum atomic E-state index is 0.0475. The molecule has 0 N–H and O–H groups in total. The van der Waals surface area contributed by atoms with Crippen LogP contribution in [0, 0.1) is 0 Å². The normalized spacial score (nSPS) is 14.7. The third-order valence-electron chi connectivity index (χ3n) is 8.95. The molecule has 1 aliphatic carbocycles. The topological polar surface area (TPSA) is 11.4 Å². The molecule has 0 amide bonds. The molecule has 0 fully saturated rings. The van der Waals surface area contributed by atoms with Crippen molar-refractivity contribution in [2.45, 2.75) is 6.42 Å². The average Bonchev–Trinajstić information content (AvgIpc) is 3.19. The smallest absolute Gasteiger partial charge is 0.273 e. The van der Waals surface area contributed by atoms with Crippen LogP contribution in [0.5, 0.6) is 0 Å². The van der Waals surface area contributed by atoms with Gasteiger partial charge in [0.05, 0.1) is 11.2 Å². The molecule has 0 unspecified atom stereocenters.